The van der Waals surface area contributed by atoms with E-state index in [0.717, 1.165) is 37.1 Å². The Morgan fingerprint density at radius 3 is 2.68 bits per heavy atom. The van der Waals surface area contributed by atoms with Crippen LogP contribution < -0.4 is 14.8 Å². The van der Waals surface area contributed by atoms with Gasteiger partial charge in [-0.1, -0.05) is 0 Å². The van der Waals surface area contributed by atoms with Gasteiger partial charge in [-0.2, -0.15) is 5.26 Å². The number of benzene rings is 2. The van der Waals surface area contributed by atoms with Gasteiger partial charge in [-0.25, -0.2) is 9.97 Å². The molecule has 0 amide bonds. The van der Waals surface area contributed by atoms with Crippen LogP contribution in [0.1, 0.15) is 24.8 Å². The molecule has 1 fully saturated rings. The van der Waals surface area contributed by atoms with Gasteiger partial charge in [-0.05, 0) is 75.6 Å². The van der Waals surface area contributed by atoms with Crippen LogP contribution in [-0.2, 0) is 16.1 Å². The van der Waals surface area contributed by atoms with E-state index in [-0.39, 0.29) is 6.10 Å². The smallest absolute Gasteiger partial charge is 0.227 e. The molecule has 1 aromatic heterocycles. The van der Waals surface area contributed by atoms with Crippen LogP contribution in [0.25, 0.3) is 11.3 Å². The molecule has 9 nitrogen and oxygen atoms in total. The molecule has 3 aromatic rings. The van der Waals surface area contributed by atoms with Gasteiger partial charge in [0.25, 0.3) is 0 Å². The van der Waals surface area contributed by atoms with Gasteiger partial charge in [-0.15, -0.1) is 4.72 Å². The Hall–Kier alpha value is -3.20. The third kappa shape index (κ3) is 7.89. The summed E-state index contributed by atoms with van der Waals surface area (Å²) in [6.07, 6.45) is 4.29. The van der Waals surface area contributed by atoms with E-state index in [1.165, 1.54) is 0 Å². The minimum atomic E-state index is -1.26. The minimum absolute atomic E-state index is 0.0595. The highest BCUT2D eigenvalue weighted by Gasteiger charge is 2.18. The second-order valence-electron chi connectivity index (χ2n) is 8.99. The number of hydrogen-bond donors (Lipinski definition) is 2. The van der Waals surface area contributed by atoms with Crippen LogP contribution >= 0.6 is 0 Å². The van der Waals surface area contributed by atoms with Crippen molar-refractivity contribution in [3.05, 3.63) is 60.3 Å². The lowest BCUT2D eigenvalue weighted by Gasteiger charge is -2.23. The summed E-state index contributed by atoms with van der Waals surface area (Å²) in [4.78, 5) is 11.7. The van der Waals surface area contributed by atoms with Gasteiger partial charge in [-0.3, -0.25) is 0 Å². The Morgan fingerprint density at radius 2 is 1.95 bits per heavy atom. The van der Waals surface area contributed by atoms with E-state index >= 15 is 0 Å². The van der Waals surface area contributed by atoms with Crippen LogP contribution in [0, 0.1) is 11.3 Å². The maximum Gasteiger partial charge on any atom is 0.227 e. The number of nitrogens with one attached hydrogen (secondary N) is 2. The Kier molecular flexibility index (Phi) is 9.71. The predicted octanol–water partition coefficient (Wildman–Crippen LogP) is 3.88. The van der Waals surface area contributed by atoms with E-state index in [4.69, 9.17) is 9.47 Å². The average molecular weight is 521 g/mol. The van der Waals surface area contributed by atoms with Gasteiger partial charge >= 0.3 is 0 Å². The molecular weight excluding hydrogens is 488 g/mol. The topological polar surface area (TPSA) is 118 Å². The normalized spacial score (nSPS) is 14.8. The van der Waals surface area contributed by atoms with E-state index in [1.807, 2.05) is 50.5 Å². The molecule has 0 radical (unpaired) electrons. The monoisotopic (exact) mass is 520 g/mol. The standard InChI is InChI=1S/C27H32N6O3S/c1-33(2)15-3-13-30-37(34)24-7-5-22(6-8-24)31-27-29-14-10-25(32-27)20-4-9-26(21(18-20)19-28)36-23-11-16-35-17-12-23/h4-10,14,18,23,30H,3,11-13,15-17H2,1-2H3,(H,29,31,32). The van der Waals surface area contributed by atoms with Gasteiger partial charge in [0.05, 0.1) is 35.8 Å². The van der Waals surface area contributed by atoms with Gasteiger partial charge in [0.15, 0.2) is 4.90 Å². The summed E-state index contributed by atoms with van der Waals surface area (Å²) < 4.78 is 26.9. The lowest BCUT2D eigenvalue weighted by atomic mass is 10.1. The number of aromatic nitrogens is 2. The zero-order chi connectivity index (χ0) is 26.0. The molecule has 0 spiro atoms. The van der Waals surface area contributed by atoms with Gasteiger partial charge in [0.2, 0.25) is 5.95 Å². The van der Waals surface area contributed by atoms with E-state index in [1.54, 1.807) is 18.3 Å². The highest BCUT2D eigenvalue weighted by Crippen LogP contribution is 2.28. The Bertz CT molecular complexity index is 1200. The lowest BCUT2D eigenvalue weighted by molar-refractivity contribution is 0.0254. The Labute approximate surface area is 221 Å². The largest absolute Gasteiger partial charge is 0.593 e. The van der Waals surface area contributed by atoms with Crippen LogP contribution in [-0.4, -0.2) is 65.9 Å². The fraction of sp³-hybridized carbons (Fsp3) is 0.370. The second kappa shape index (κ2) is 13.4. The molecule has 2 N–H and O–H groups in total. The van der Waals surface area contributed by atoms with Crippen LogP contribution in [0.3, 0.4) is 0 Å². The maximum absolute atomic E-state index is 12.5. The molecule has 2 heterocycles. The molecule has 10 heteroatoms. The van der Waals surface area contributed by atoms with Crippen LogP contribution in [0.2, 0.25) is 0 Å². The minimum Gasteiger partial charge on any atom is -0.593 e. The van der Waals surface area contributed by atoms with Gasteiger partial charge in [0.1, 0.15) is 17.9 Å². The first-order valence-electron chi connectivity index (χ1n) is 12.3. The van der Waals surface area contributed by atoms with Crippen molar-refractivity contribution in [2.45, 2.75) is 30.3 Å². The molecular formula is C27H32N6O3S. The molecule has 2 aromatic carbocycles. The molecule has 37 heavy (non-hydrogen) atoms. The van der Waals surface area contributed by atoms with Crippen molar-refractivity contribution in [2.75, 3.05) is 45.7 Å². The van der Waals surface area contributed by atoms with Crippen molar-refractivity contribution in [1.29, 1.82) is 5.26 Å². The number of anilines is 2. The average Bonchev–Trinajstić information content (AvgIpc) is 2.92. The third-order valence-corrected chi connectivity index (χ3v) is 7.02. The summed E-state index contributed by atoms with van der Waals surface area (Å²) in [6.45, 7) is 2.98. The van der Waals surface area contributed by atoms with Crippen molar-refractivity contribution in [3.63, 3.8) is 0 Å². The summed E-state index contributed by atoms with van der Waals surface area (Å²) in [5.41, 5.74) is 2.73. The third-order valence-electron chi connectivity index (χ3n) is 5.85. The number of nitrogens with zero attached hydrogens (tertiary/aromatic N) is 4. The van der Waals surface area contributed by atoms with Crippen LogP contribution in [0.5, 0.6) is 5.75 Å². The Balaban J connectivity index is 1.39. The number of ether oxygens (including phenoxy) is 2. The van der Waals surface area contributed by atoms with Crippen molar-refractivity contribution >= 4 is 23.0 Å². The summed E-state index contributed by atoms with van der Waals surface area (Å²) in [5, 5.41) is 12.9. The van der Waals surface area contributed by atoms with Crippen LogP contribution in [0.15, 0.2) is 59.6 Å². The quantitative estimate of drug-likeness (QED) is 0.287. The van der Waals surface area contributed by atoms with E-state index < -0.39 is 11.4 Å². The Morgan fingerprint density at radius 1 is 1.16 bits per heavy atom. The molecule has 1 saturated heterocycles. The van der Waals surface area contributed by atoms with Crippen LogP contribution in [0.4, 0.5) is 11.6 Å². The number of hydrogen-bond acceptors (Lipinski definition) is 9. The van der Waals surface area contributed by atoms with Crippen molar-refractivity contribution in [1.82, 2.24) is 19.6 Å². The first kappa shape index (κ1) is 26.9. The van der Waals surface area contributed by atoms with Gasteiger partial charge < -0.3 is 24.2 Å². The molecule has 0 saturated carbocycles. The van der Waals surface area contributed by atoms with Crippen molar-refractivity contribution in [2.24, 2.45) is 0 Å². The van der Waals surface area contributed by atoms with E-state index in [0.29, 0.717) is 47.6 Å². The van der Waals surface area contributed by atoms with Crippen molar-refractivity contribution in [3.8, 4) is 23.1 Å². The molecule has 0 bridgehead atoms. The molecule has 194 valence electrons. The zero-order valence-electron chi connectivity index (χ0n) is 21.1. The first-order valence-corrected chi connectivity index (χ1v) is 13.5. The summed E-state index contributed by atoms with van der Waals surface area (Å²) >= 11 is -1.26. The summed E-state index contributed by atoms with van der Waals surface area (Å²) in [7, 11) is 4.04. The highest BCUT2D eigenvalue weighted by molar-refractivity contribution is 7.89. The summed E-state index contributed by atoms with van der Waals surface area (Å²) in [5.74, 6) is 1.00. The molecule has 1 aliphatic rings. The number of nitriles is 1. The second-order valence-corrected chi connectivity index (χ2v) is 10.3. The maximum atomic E-state index is 12.5. The lowest BCUT2D eigenvalue weighted by Crippen LogP contribution is -2.27. The molecule has 1 unspecified atom stereocenters. The molecule has 1 aliphatic heterocycles. The first-order chi connectivity index (χ1) is 18.0. The van der Waals surface area contributed by atoms with Gasteiger partial charge in [0, 0.05) is 36.8 Å². The predicted molar refractivity (Wildman–Crippen MR) is 144 cm³/mol. The molecule has 1 atom stereocenters. The summed E-state index contributed by atoms with van der Waals surface area (Å²) in [6, 6.07) is 16.9. The van der Waals surface area contributed by atoms with E-state index in [2.05, 4.69) is 31.0 Å². The zero-order valence-corrected chi connectivity index (χ0v) is 22.0. The fourth-order valence-electron chi connectivity index (χ4n) is 3.87. The van der Waals surface area contributed by atoms with Crippen molar-refractivity contribution < 1.29 is 14.0 Å². The molecule has 4 rings (SSSR count). The number of rotatable bonds is 11. The molecule has 0 aliphatic carbocycles. The SMILES string of the molecule is CN(C)CCCN[S+]([O-])c1ccc(Nc2nccc(-c3ccc(OC4CCOCC4)c(C#N)c3)n2)cc1. The fourth-order valence-corrected chi connectivity index (χ4v) is 4.75. The van der Waals surface area contributed by atoms with E-state index in [9.17, 15) is 9.81 Å². The highest BCUT2D eigenvalue weighted by atomic mass is 32.2.